The Morgan fingerprint density at radius 2 is 1.82 bits per heavy atom. The van der Waals surface area contributed by atoms with Crippen molar-refractivity contribution in [3.05, 3.63) is 35.3 Å². The number of ether oxygens (including phenoxy) is 1. The summed E-state index contributed by atoms with van der Waals surface area (Å²) in [5, 5.41) is 4.39. The number of hydrogen-bond donors (Lipinski definition) is 2. The maximum atomic E-state index is 13.4. The first-order chi connectivity index (χ1) is 17.8. The number of halogens is 1. The lowest BCUT2D eigenvalue weighted by Gasteiger charge is -2.26. The van der Waals surface area contributed by atoms with Gasteiger partial charge >= 0.3 is 0 Å². The van der Waals surface area contributed by atoms with Crippen LogP contribution in [-0.2, 0) is 20.7 Å². The summed E-state index contributed by atoms with van der Waals surface area (Å²) in [7, 11) is 2.00. The Hall–Kier alpha value is -2.21. The lowest BCUT2D eigenvalue weighted by molar-refractivity contribution is -0.138. The molecule has 1 aromatic carbocycles. The molecule has 2 aromatic rings. The van der Waals surface area contributed by atoms with Crippen molar-refractivity contribution in [3.63, 3.8) is 0 Å². The molecule has 3 rings (SSSR count). The van der Waals surface area contributed by atoms with Crippen LogP contribution in [0.3, 0.4) is 0 Å². The molecule has 0 aliphatic heterocycles. The van der Waals surface area contributed by atoms with Gasteiger partial charge in [0.1, 0.15) is 17.2 Å². The predicted octanol–water partition coefficient (Wildman–Crippen LogP) is 7.97. The summed E-state index contributed by atoms with van der Waals surface area (Å²) in [6.07, 6.45) is 8.12. The van der Waals surface area contributed by atoms with Crippen molar-refractivity contribution in [2.45, 2.75) is 112 Å². The third kappa shape index (κ3) is 11.7. The van der Waals surface area contributed by atoms with Gasteiger partial charge in [-0.05, 0) is 121 Å². The fourth-order valence-corrected chi connectivity index (χ4v) is 4.80. The van der Waals surface area contributed by atoms with Gasteiger partial charge in [0, 0.05) is 22.5 Å². The second kappa shape index (κ2) is 16.7. The van der Waals surface area contributed by atoms with Crippen molar-refractivity contribution in [1.82, 2.24) is 10.3 Å². The first-order valence-corrected chi connectivity index (χ1v) is 14.4. The molecule has 0 amide bonds. The predicted molar refractivity (Wildman–Crippen MR) is 157 cm³/mol. The fraction of sp³-hybridized carbons (Fsp3) is 0.688. The highest BCUT2D eigenvalue weighted by molar-refractivity contribution is 5.85. The van der Waals surface area contributed by atoms with E-state index in [1.165, 1.54) is 42.3 Å². The SMILES string of the molecule is CC(C)(C)OC=O.CCCCc1c(C(C)C(C)C)[nH]c2cc(F)ccc12.CNCC1CCC(C(C)=O)CC1. The Morgan fingerprint density at radius 3 is 2.26 bits per heavy atom. The molecule has 2 N–H and O–H groups in total. The van der Waals surface area contributed by atoms with Crippen LogP contribution in [0.25, 0.3) is 10.9 Å². The number of aryl methyl sites for hydroxylation is 1. The highest BCUT2D eigenvalue weighted by atomic mass is 19.1. The largest absolute Gasteiger partial charge is 0.462 e. The number of nitrogens with one attached hydrogen (secondary N) is 2. The Balaban J connectivity index is 0.000000324. The minimum Gasteiger partial charge on any atom is -0.462 e. The summed E-state index contributed by atoms with van der Waals surface area (Å²) in [5.41, 5.74) is 3.30. The molecule has 1 unspecified atom stereocenters. The van der Waals surface area contributed by atoms with E-state index in [9.17, 15) is 14.0 Å². The topological polar surface area (TPSA) is 71.2 Å². The lowest BCUT2D eigenvalue weighted by atomic mass is 9.80. The van der Waals surface area contributed by atoms with Crippen LogP contribution in [0.2, 0.25) is 0 Å². The number of aromatic amines is 1. The maximum Gasteiger partial charge on any atom is 0.293 e. The standard InChI is InChI=1S/C17H24FN.C10H19NO.C5H10O2/c1-5-6-7-15-14-9-8-13(18)10-16(14)19-17(15)12(4)11(2)3;1-8(12)10-5-3-9(4-6-10)7-11-2;1-5(2,3)7-4-6/h8-12,19H,5-7H2,1-4H3;9-11H,3-7H2,1-2H3;4H,1-3H3. The minimum atomic E-state index is -0.318. The van der Waals surface area contributed by atoms with Crippen LogP contribution in [0.15, 0.2) is 18.2 Å². The molecule has 1 saturated carbocycles. The summed E-state index contributed by atoms with van der Waals surface area (Å²) < 4.78 is 17.9. The van der Waals surface area contributed by atoms with Gasteiger partial charge in [-0.2, -0.15) is 0 Å². The number of aromatic nitrogens is 1. The summed E-state index contributed by atoms with van der Waals surface area (Å²) in [6, 6.07) is 5.10. The number of H-pyrrole nitrogens is 1. The van der Waals surface area contributed by atoms with E-state index in [1.807, 2.05) is 33.9 Å². The Bertz CT molecular complexity index is 969. The van der Waals surface area contributed by atoms with Crippen molar-refractivity contribution < 1.29 is 18.7 Å². The number of ketones is 1. The number of carbonyl (C=O) groups is 2. The molecule has 38 heavy (non-hydrogen) atoms. The third-order valence-electron chi connectivity index (χ3n) is 7.45. The van der Waals surface area contributed by atoms with Crippen molar-refractivity contribution >= 4 is 23.2 Å². The molecular formula is C32H53FN2O3. The molecular weight excluding hydrogens is 479 g/mol. The number of unbranched alkanes of at least 4 members (excludes halogenated alkanes) is 1. The summed E-state index contributed by atoms with van der Waals surface area (Å²) in [5.74, 6) is 2.46. The van der Waals surface area contributed by atoms with Crippen LogP contribution < -0.4 is 5.32 Å². The molecule has 0 spiro atoms. The molecule has 5 nitrogen and oxygen atoms in total. The zero-order valence-electron chi connectivity index (χ0n) is 25.4. The molecule has 1 heterocycles. The fourth-order valence-electron chi connectivity index (χ4n) is 4.80. The first kappa shape index (κ1) is 33.8. The van der Waals surface area contributed by atoms with Crippen molar-refractivity contribution in [1.29, 1.82) is 0 Å². The van der Waals surface area contributed by atoms with Gasteiger partial charge in [-0.15, -0.1) is 0 Å². The molecule has 6 heteroatoms. The highest BCUT2D eigenvalue weighted by Crippen LogP contribution is 2.33. The molecule has 0 radical (unpaired) electrons. The molecule has 1 fully saturated rings. The van der Waals surface area contributed by atoms with E-state index in [0.717, 1.165) is 37.2 Å². The van der Waals surface area contributed by atoms with Gasteiger partial charge in [0.2, 0.25) is 0 Å². The number of hydrogen-bond acceptors (Lipinski definition) is 4. The quantitative estimate of drug-likeness (QED) is 0.321. The molecule has 1 atom stereocenters. The van der Waals surface area contributed by atoms with E-state index in [0.29, 0.717) is 30.0 Å². The average molecular weight is 533 g/mol. The van der Waals surface area contributed by atoms with E-state index in [1.54, 1.807) is 19.1 Å². The van der Waals surface area contributed by atoms with Crippen LogP contribution in [0, 0.1) is 23.6 Å². The van der Waals surface area contributed by atoms with Gasteiger partial charge < -0.3 is 15.0 Å². The molecule has 0 bridgehead atoms. The highest BCUT2D eigenvalue weighted by Gasteiger charge is 2.23. The van der Waals surface area contributed by atoms with Gasteiger partial charge in [0.05, 0.1) is 0 Å². The first-order valence-electron chi connectivity index (χ1n) is 14.4. The van der Waals surface area contributed by atoms with Crippen LogP contribution in [0.1, 0.15) is 111 Å². The van der Waals surface area contributed by atoms with Gasteiger partial charge in [0.15, 0.2) is 0 Å². The van der Waals surface area contributed by atoms with E-state index < -0.39 is 0 Å². The van der Waals surface area contributed by atoms with E-state index >= 15 is 0 Å². The molecule has 1 aliphatic rings. The normalized spacial score (nSPS) is 18.2. The molecule has 0 saturated heterocycles. The summed E-state index contributed by atoms with van der Waals surface area (Å²) >= 11 is 0. The second-order valence-electron chi connectivity index (χ2n) is 12.1. The van der Waals surface area contributed by atoms with Gasteiger partial charge in [0.25, 0.3) is 6.47 Å². The van der Waals surface area contributed by atoms with Gasteiger partial charge in [-0.1, -0.05) is 34.1 Å². The van der Waals surface area contributed by atoms with Crippen LogP contribution in [0.4, 0.5) is 4.39 Å². The number of benzene rings is 1. The van der Waals surface area contributed by atoms with Crippen molar-refractivity contribution in [2.75, 3.05) is 13.6 Å². The smallest absolute Gasteiger partial charge is 0.293 e. The maximum absolute atomic E-state index is 13.4. The van der Waals surface area contributed by atoms with E-state index in [-0.39, 0.29) is 11.4 Å². The zero-order valence-corrected chi connectivity index (χ0v) is 25.4. The molecule has 1 aromatic heterocycles. The number of fused-ring (bicyclic) bond motifs is 1. The summed E-state index contributed by atoms with van der Waals surface area (Å²) in [4.78, 5) is 24.1. The number of carbonyl (C=O) groups excluding carboxylic acids is 2. The lowest BCUT2D eigenvalue weighted by Crippen LogP contribution is -2.26. The monoisotopic (exact) mass is 532 g/mol. The average Bonchev–Trinajstić information content (AvgIpc) is 3.20. The third-order valence-corrected chi connectivity index (χ3v) is 7.45. The number of Topliss-reactive ketones (excluding diaryl/α,β-unsaturated/α-hetero) is 1. The van der Waals surface area contributed by atoms with Crippen molar-refractivity contribution in [3.8, 4) is 0 Å². The Labute approximate surface area is 230 Å². The van der Waals surface area contributed by atoms with Gasteiger partial charge in [-0.3, -0.25) is 9.59 Å². The summed E-state index contributed by atoms with van der Waals surface area (Å²) in [6.45, 7) is 17.7. The molecule has 1 aliphatic carbocycles. The Kier molecular flexibility index (Phi) is 14.9. The zero-order chi connectivity index (χ0) is 28.9. The second-order valence-corrected chi connectivity index (χ2v) is 12.1. The van der Waals surface area contributed by atoms with Crippen LogP contribution in [-0.4, -0.2) is 36.4 Å². The minimum absolute atomic E-state index is 0.167. The van der Waals surface area contributed by atoms with Crippen LogP contribution in [0.5, 0.6) is 0 Å². The molecule has 216 valence electrons. The van der Waals surface area contributed by atoms with Crippen LogP contribution >= 0.6 is 0 Å². The number of rotatable bonds is 9. The van der Waals surface area contributed by atoms with E-state index in [2.05, 4.69) is 42.7 Å². The van der Waals surface area contributed by atoms with Crippen molar-refractivity contribution in [2.24, 2.45) is 17.8 Å². The van der Waals surface area contributed by atoms with E-state index in [4.69, 9.17) is 0 Å². The Morgan fingerprint density at radius 1 is 1.18 bits per heavy atom. The van der Waals surface area contributed by atoms with Gasteiger partial charge in [-0.25, -0.2) is 4.39 Å².